The highest BCUT2D eigenvalue weighted by Crippen LogP contribution is 2.28. The largest absolute Gasteiger partial charge is 0.325 e. The van der Waals surface area contributed by atoms with E-state index < -0.39 is 5.82 Å². The molecule has 0 atom stereocenters. The second-order valence-corrected chi connectivity index (χ2v) is 8.99. The molecule has 1 aromatic heterocycles. The van der Waals surface area contributed by atoms with Gasteiger partial charge in [-0.25, -0.2) is 4.39 Å². The van der Waals surface area contributed by atoms with Crippen molar-refractivity contribution in [2.24, 2.45) is 0 Å². The zero-order valence-corrected chi connectivity index (χ0v) is 19.0. The minimum absolute atomic E-state index is 0.0559. The number of Topliss-reactive ketones (excluding diaryl/α,β-unsaturated/α-hetero) is 1. The van der Waals surface area contributed by atoms with Crippen LogP contribution in [0.25, 0.3) is 11.4 Å². The number of hydrogen-bond acceptors (Lipinski definition) is 5. The Morgan fingerprint density at radius 3 is 2.75 bits per heavy atom. The first-order valence-electron chi connectivity index (χ1n) is 10.7. The summed E-state index contributed by atoms with van der Waals surface area (Å²) in [7, 11) is 0. The minimum Gasteiger partial charge on any atom is -0.325 e. The Labute approximate surface area is 190 Å². The van der Waals surface area contributed by atoms with Crippen molar-refractivity contribution in [1.29, 1.82) is 0 Å². The molecule has 1 aliphatic heterocycles. The van der Waals surface area contributed by atoms with E-state index in [1.54, 1.807) is 6.07 Å². The molecular formula is C24H25FN4O2S. The van der Waals surface area contributed by atoms with E-state index in [9.17, 15) is 14.0 Å². The number of carbonyl (C=O) groups excluding carboxylic acids is 2. The normalized spacial score (nSPS) is 13.3. The molecule has 0 saturated heterocycles. The Hall–Kier alpha value is -3.00. The Bertz CT molecular complexity index is 1170. The van der Waals surface area contributed by atoms with Gasteiger partial charge in [-0.15, -0.1) is 22.0 Å². The van der Waals surface area contributed by atoms with Crippen LogP contribution in [0, 0.1) is 12.7 Å². The highest BCUT2D eigenvalue weighted by molar-refractivity contribution is 8.00. The molecule has 0 aliphatic carbocycles. The number of ketones is 1. The number of carbonyl (C=O) groups is 2. The average Bonchev–Trinajstić information content (AvgIpc) is 3.02. The Morgan fingerprint density at radius 1 is 1.12 bits per heavy atom. The predicted molar refractivity (Wildman–Crippen MR) is 124 cm³/mol. The van der Waals surface area contributed by atoms with E-state index in [1.807, 2.05) is 25.1 Å². The van der Waals surface area contributed by atoms with Gasteiger partial charge in [0.05, 0.1) is 5.75 Å². The first-order chi connectivity index (χ1) is 15.4. The van der Waals surface area contributed by atoms with Crippen LogP contribution in [0.5, 0.6) is 0 Å². The van der Waals surface area contributed by atoms with Gasteiger partial charge in [-0.05, 0) is 50.5 Å². The molecule has 0 bridgehead atoms. The molecule has 166 valence electrons. The van der Waals surface area contributed by atoms with Crippen molar-refractivity contribution in [2.75, 3.05) is 11.1 Å². The lowest BCUT2D eigenvalue weighted by atomic mass is 10.1. The monoisotopic (exact) mass is 452 g/mol. The van der Waals surface area contributed by atoms with Gasteiger partial charge >= 0.3 is 0 Å². The molecule has 2 heterocycles. The third kappa shape index (κ3) is 4.91. The number of hydrogen-bond donors (Lipinski definition) is 1. The van der Waals surface area contributed by atoms with Gasteiger partial charge in [0.25, 0.3) is 0 Å². The highest BCUT2D eigenvalue weighted by atomic mass is 32.2. The molecule has 32 heavy (non-hydrogen) atoms. The number of aryl methyl sites for hydroxylation is 2. The van der Waals surface area contributed by atoms with Gasteiger partial charge in [-0.2, -0.15) is 0 Å². The van der Waals surface area contributed by atoms with E-state index in [2.05, 4.69) is 20.1 Å². The van der Waals surface area contributed by atoms with Crippen LogP contribution in [-0.2, 0) is 17.8 Å². The summed E-state index contributed by atoms with van der Waals surface area (Å²) in [6.07, 6.45) is 4.36. The SMILES string of the molecule is CC(=O)c1ccc(SCC(=O)Nc2cc(-c3nnc4n3CCCCC4)ccc2C)c(F)c1. The van der Waals surface area contributed by atoms with Gasteiger partial charge in [0.1, 0.15) is 11.6 Å². The van der Waals surface area contributed by atoms with E-state index in [1.165, 1.54) is 25.5 Å². The number of halogens is 1. The van der Waals surface area contributed by atoms with E-state index in [4.69, 9.17) is 0 Å². The molecule has 3 aromatic rings. The van der Waals surface area contributed by atoms with Crippen molar-refractivity contribution < 1.29 is 14.0 Å². The summed E-state index contributed by atoms with van der Waals surface area (Å²) in [6.45, 7) is 4.22. The van der Waals surface area contributed by atoms with Crippen LogP contribution >= 0.6 is 11.8 Å². The van der Waals surface area contributed by atoms with Crippen molar-refractivity contribution in [3.05, 3.63) is 59.2 Å². The average molecular weight is 453 g/mol. The molecule has 1 amide bonds. The standard InChI is InChI=1S/C24H25FN4O2S/c1-15-7-8-18(24-28-27-22-6-4-3-5-11-29(22)24)13-20(15)26-23(31)14-32-21-10-9-17(16(2)30)12-19(21)25/h7-10,12-13H,3-6,11,14H2,1-2H3,(H,26,31). The zero-order valence-electron chi connectivity index (χ0n) is 18.2. The van der Waals surface area contributed by atoms with Crippen LogP contribution < -0.4 is 5.32 Å². The number of amides is 1. The number of thioether (sulfide) groups is 1. The first kappa shape index (κ1) is 22.2. The number of rotatable bonds is 6. The summed E-state index contributed by atoms with van der Waals surface area (Å²) >= 11 is 1.10. The van der Waals surface area contributed by atoms with Crippen LogP contribution in [0.3, 0.4) is 0 Å². The summed E-state index contributed by atoms with van der Waals surface area (Å²) < 4.78 is 16.4. The third-order valence-corrected chi connectivity index (χ3v) is 6.63. The van der Waals surface area contributed by atoms with Gasteiger partial charge in [0, 0.05) is 34.7 Å². The molecule has 0 radical (unpaired) electrons. The zero-order chi connectivity index (χ0) is 22.7. The summed E-state index contributed by atoms with van der Waals surface area (Å²) in [6, 6.07) is 10.2. The number of fused-ring (bicyclic) bond motifs is 1. The van der Waals surface area contributed by atoms with Gasteiger partial charge in [0.15, 0.2) is 11.6 Å². The second kappa shape index (κ2) is 9.65. The Balaban J connectivity index is 1.46. The molecule has 6 nitrogen and oxygen atoms in total. The van der Waals surface area contributed by atoms with Crippen molar-refractivity contribution in [1.82, 2.24) is 14.8 Å². The lowest BCUT2D eigenvalue weighted by molar-refractivity contribution is -0.113. The van der Waals surface area contributed by atoms with Crippen LogP contribution in [0.2, 0.25) is 0 Å². The van der Waals surface area contributed by atoms with Crippen LogP contribution in [0.1, 0.15) is 47.9 Å². The molecule has 0 spiro atoms. The highest BCUT2D eigenvalue weighted by Gasteiger charge is 2.17. The maximum atomic E-state index is 14.2. The lowest BCUT2D eigenvalue weighted by Gasteiger charge is -2.12. The number of benzene rings is 2. The summed E-state index contributed by atoms with van der Waals surface area (Å²) in [5.74, 6) is 0.960. The fourth-order valence-electron chi connectivity index (χ4n) is 3.76. The third-order valence-electron chi connectivity index (χ3n) is 5.58. The van der Waals surface area contributed by atoms with E-state index >= 15 is 0 Å². The van der Waals surface area contributed by atoms with Gasteiger partial charge in [0.2, 0.25) is 5.91 Å². The molecule has 8 heteroatoms. The van der Waals surface area contributed by atoms with Crippen molar-refractivity contribution >= 4 is 29.1 Å². The summed E-state index contributed by atoms with van der Waals surface area (Å²) in [4.78, 5) is 24.3. The maximum Gasteiger partial charge on any atom is 0.234 e. The van der Waals surface area contributed by atoms with Crippen molar-refractivity contribution in [3.63, 3.8) is 0 Å². The van der Waals surface area contributed by atoms with Gasteiger partial charge in [-0.1, -0.05) is 24.6 Å². The molecule has 2 aromatic carbocycles. The smallest absolute Gasteiger partial charge is 0.234 e. The number of aromatic nitrogens is 3. The summed E-state index contributed by atoms with van der Waals surface area (Å²) in [5.41, 5.74) is 2.85. The second-order valence-electron chi connectivity index (χ2n) is 7.97. The van der Waals surface area contributed by atoms with Crippen LogP contribution in [0.15, 0.2) is 41.3 Å². The quantitative estimate of drug-likeness (QED) is 0.418. The lowest BCUT2D eigenvalue weighted by Crippen LogP contribution is -2.15. The number of anilines is 1. The fraction of sp³-hybridized carbons (Fsp3) is 0.333. The van der Waals surface area contributed by atoms with E-state index in [0.29, 0.717) is 16.1 Å². The fourth-order valence-corrected chi connectivity index (χ4v) is 4.48. The molecule has 1 N–H and O–H groups in total. The molecule has 1 aliphatic rings. The van der Waals surface area contributed by atoms with E-state index in [-0.39, 0.29) is 17.4 Å². The van der Waals surface area contributed by atoms with Crippen molar-refractivity contribution in [3.8, 4) is 11.4 Å². The molecule has 4 rings (SSSR count). The predicted octanol–water partition coefficient (Wildman–Crippen LogP) is 5.05. The number of nitrogens with one attached hydrogen (secondary N) is 1. The topological polar surface area (TPSA) is 76.9 Å². The molecule has 0 saturated carbocycles. The maximum absolute atomic E-state index is 14.2. The minimum atomic E-state index is -0.499. The number of nitrogens with zero attached hydrogens (tertiary/aromatic N) is 3. The van der Waals surface area contributed by atoms with Crippen molar-refractivity contribution in [2.45, 2.75) is 51.0 Å². The van der Waals surface area contributed by atoms with Crippen LogP contribution in [0.4, 0.5) is 10.1 Å². The molecular weight excluding hydrogens is 427 g/mol. The Kier molecular flexibility index (Phi) is 6.69. The summed E-state index contributed by atoms with van der Waals surface area (Å²) in [5, 5.41) is 11.7. The van der Waals surface area contributed by atoms with Crippen LogP contribution in [-0.4, -0.2) is 32.2 Å². The van der Waals surface area contributed by atoms with E-state index in [0.717, 1.165) is 60.3 Å². The Morgan fingerprint density at radius 2 is 1.97 bits per heavy atom. The molecule has 0 fully saturated rings. The van der Waals surface area contributed by atoms with Gasteiger partial charge < -0.3 is 9.88 Å². The first-order valence-corrected chi connectivity index (χ1v) is 11.7. The molecule has 0 unspecified atom stereocenters. The van der Waals surface area contributed by atoms with Gasteiger partial charge in [-0.3, -0.25) is 9.59 Å².